The predicted octanol–water partition coefficient (Wildman–Crippen LogP) is 3.64. The van der Waals surface area contributed by atoms with Crippen LogP contribution >= 0.6 is 0 Å². The van der Waals surface area contributed by atoms with Crippen molar-refractivity contribution in [3.63, 3.8) is 0 Å². The van der Waals surface area contributed by atoms with Gasteiger partial charge in [0.15, 0.2) is 0 Å². The van der Waals surface area contributed by atoms with Crippen LogP contribution in [0, 0.1) is 0 Å². The van der Waals surface area contributed by atoms with Gasteiger partial charge in [0.25, 0.3) is 0 Å². The zero-order valence-corrected chi connectivity index (χ0v) is 12.8. The molecule has 0 unspecified atom stereocenters. The van der Waals surface area contributed by atoms with Gasteiger partial charge in [-0.1, -0.05) is 12.1 Å². The Balaban J connectivity index is 1.67. The number of nitrogens with one attached hydrogen (secondary N) is 2. The molecule has 1 aromatic carbocycles. The van der Waals surface area contributed by atoms with E-state index in [4.69, 9.17) is 0 Å². The number of anilines is 3. The van der Waals surface area contributed by atoms with Crippen molar-refractivity contribution in [2.24, 2.45) is 0 Å². The summed E-state index contributed by atoms with van der Waals surface area (Å²) in [5.41, 5.74) is -0.184. The first kappa shape index (κ1) is 16.6. The molecule has 0 bridgehead atoms. The van der Waals surface area contributed by atoms with Crippen LogP contribution in [-0.2, 0) is 12.7 Å². The molecule has 6 nitrogen and oxygen atoms in total. The molecule has 0 saturated heterocycles. The van der Waals surface area contributed by atoms with E-state index in [-0.39, 0.29) is 6.54 Å². The van der Waals surface area contributed by atoms with Gasteiger partial charge in [0, 0.05) is 25.0 Å². The van der Waals surface area contributed by atoms with Crippen molar-refractivity contribution in [2.75, 3.05) is 10.6 Å². The summed E-state index contributed by atoms with van der Waals surface area (Å²) < 4.78 is 38.2. The fourth-order valence-electron chi connectivity index (χ4n) is 2.07. The third kappa shape index (κ3) is 4.63. The van der Waals surface area contributed by atoms with Crippen LogP contribution in [0.1, 0.15) is 11.1 Å². The van der Waals surface area contributed by atoms with Crippen molar-refractivity contribution < 1.29 is 13.2 Å². The normalized spacial score (nSPS) is 11.2. The average molecular weight is 346 g/mol. The molecular weight excluding hydrogens is 333 g/mol. The minimum Gasteiger partial charge on any atom is -0.366 e. The lowest BCUT2D eigenvalue weighted by molar-refractivity contribution is -0.137. The van der Waals surface area contributed by atoms with E-state index in [1.54, 1.807) is 18.3 Å². The molecule has 0 fully saturated rings. The molecule has 2 aromatic heterocycles. The van der Waals surface area contributed by atoms with Crippen molar-refractivity contribution >= 4 is 17.5 Å². The minimum atomic E-state index is -4.36. The fraction of sp³-hybridized carbons (Fsp3) is 0.125. The van der Waals surface area contributed by atoms with E-state index in [2.05, 4.69) is 30.6 Å². The van der Waals surface area contributed by atoms with Gasteiger partial charge in [0.1, 0.15) is 23.8 Å². The average Bonchev–Trinajstić information content (AvgIpc) is 2.61. The van der Waals surface area contributed by atoms with Gasteiger partial charge in [0.05, 0.1) is 11.8 Å². The molecule has 0 aliphatic heterocycles. The Labute approximate surface area is 141 Å². The third-order valence-electron chi connectivity index (χ3n) is 3.21. The third-order valence-corrected chi connectivity index (χ3v) is 3.21. The number of benzene rings is 1. The molecule has 0 aliphatic carbocycles. The summed E-state index contributed by atoms with van der Waals surface area (Å²) in [6.45, 7) is 0.200. The molecule has 2 N–H and O–H groups in total. The predicted molar refractivity (Wildman–Crippen MR) is 86.1 cm³/mol. The number of nitrogens with zero attached hydrogens (tertiary/aromatic N) is 4. The second-order valence-corrected chi connectivity index (χ2v) is 5.06. The highest BCUT2D eigenvalue weighted by Crippen LogP contribution is 2.29. The Hall–Kier alpha value is -3.23. The topological polar surface area (TPSA) is 75.6 Å². The van der Waals surface area contributed by atoms with Crippen molar-refractivity contribution in [3.05, 3.63) is 66.4 Å². The van der Waals surface area contributed by atoms with Gasteiger partial charge in [-0.15, -0.1) is 0 Å². The van der Waals surface area contributed by atoms with Gasteiger partial charge in [-0.3, -0.25) is 4.98 Å². The molecular formula is C16H13F3N6. The number of hydrogen-bond acceptors (Lipinski definition) is 6. The first-order valence-electron chi connectivity index (χ1n) is 7.26. The molecule has 0 spiro atoms. The second kappa shape index (κ2) is 7.12. The van der Waals surface area contributed by atoms with Crippen molar-refractivity contribution in [2.45, 2.75) is 12.7 Å². The Morgan fingerprint density at radius 2 is 1.76 bits per heavy atom. The maximum atomic E-state index is 12.7. The molecule has 0 aliphatic rings. The Kier molecular flexibility index (Phi) is 4.73. The number of halogens is 3. The van der Waals surface area contributed by atoms with Gasteiger partial charge in [-0.2, -0.15) is 13.2 Å². The summed E-state index contributed by atoms with van der Waals surface area (Å²) in [6, 6.07) is 6.76. The molecule has 128 valence electrons. The van der Waals surface area contributed by atoms with Gasteiger partial charge in [-0.05, 0) is 17.7 Å². The molecule has 9 heteroatoms. The lowest BCUT2D eigenvalue weighted by Crippen LogP contribution is -2.07. The van der Waals surface area contributed by atoms with E-state index in [1.165, 1.54) is 24.8 Å². The van der Waals surface area contributed by atoms with Crippen LogP contribution in [0.3, 0.4) is 0 Å². The number of aromatic nitrogens is 4. The number of hydrogen-bond donors (Lipinski definition) is 2. The largest absolute Gasteiger partial charge is 0.416 e. The van der Waals surface area contributed by atoms with Crippen LogP contribution in [0.25, 0.3) is 0 Å². The second-order valence-electron chi connectivity index (χ2n) is 5.06. The molecule has 3 rings (SSSR count). The monoisotopic (exact) mass is 346 g/mol. The van der Waals surface area contributed by atoms with Gasteiger partial charge < -0.3 is 10.6 Å². The zero-order valence-electron chi connectivity index (χ0n) is 12.8. The Morgan fingerprint density at radius 3 is 2.52 bits per heavy atom. The van der Waals surface area contributed by atoms with Crippen LogP contribution in [-0.4, -0.2) is 19.9 Å². The van der Waals surface area contributed by atoms with Crippen molar-refractivity contribution in [1.29, 1.82) is 0 Å². The highest BCUT2D eigenvalue weighted by Gasteiger charge is 2.30. The van der Waals surface area contributed by atoms with Gasteiger partial charge >= 0.3 is 6.18 Å². The maximum Gasteiger partial charge on any atom is 0.416 e. The molecule has 2 heterocycles. The Bertz CT molecular complexity index is 839. The maximum absolute atomic E-state index is 12.7. The van der Waals surface area contributed by atoms with E-state index in [0.717, 1.165) is 12.1 Å². The zero-order chi connectivity index (χ0) is 17.7. The van der Waals surface area contributed by atoms with Crippen LogP contribution in [0.4, 0.5) is 30.6 Å². The lowest BCUT2D eigenvalue weighted by atomic mass is 10.1. The summed E-state index contributed by atoms with van der Waals surface area (Å²) >= 11 is 0. The summed E-state index contributed by atoms with van der Waals surface area (Å²) in [6.07, 6.45) is 1.60. The van der Waals surface area contributed by atoms with E-state index in [9.17, 15) is 13.2 Å². The number of rotatable bonds is 5. The van der Waals surface area contributed by atoms with E-state index in [0.29, 0.717) is 23.0 Å². The molecule has 0 saturated carbocycles. The van der Waals surface area contributed by atoms with E-state index in [1.807, 2.05) is 0 Å². The highest BCUT2D eigenvalue weighted by molar-refractivity contribution is 5.54. The highest BCUT2D eigenvalue weighted by atomic mass is 19.4. The first-order chi connectivity index (χ1) is 12.0. The van der Waals surface area contributed by atoms with Crippen molar-refractivity contribution in [3.8, 4) is 0 Å². The van der Waals surface area contributed by atoms with Crippen LogP contribution in [0.15, 0.2) is 55.2 Å². The van der Waals surface area contributed by atoms with Crippen molar-refractivity contribution in [1.82, 2.24) is 19.9 Å². The van der Waals surface area contributed by atoms with Crippen LogP contribution in [0.2, 0.25) is 0 Å². The lowest BCUT2D eigenvalue weighted by Gasteiger charge is -2.10. The van der Waals surface area contributed by atoms with E-state index < -0.39 is 11.7 Å². The van der Waals surface area contributed by atoms with E-state index >= 15 is 0 Å². The standard InChI is InChI=1S/C16H13F3N6/c17-16(18,19)12-3-1-2-11(6-12)8-22-13-7-14(24-10-23-13)25-15-9-20-4-5-21-15/h1-7,9-10H,8H2,(H2,21,22,23,24,25). The fourth-order valence-corrected chi connectivity index (χ4v) is 2.07. The molecule has 0 atom stereocenters. The summed E-state index contributed by atoms with van der Waals surface area (Å²) in [4.78, 5) is 16.1. The summed E-state index contributed by atoms with van der Waals surface area (Å²) in [5.74, 6) is 1.48. The smallest absolute Gasteiger partial charge is 0.366 e. The van der Waals surface area contributed by atoms with Crippen LogP contribution in [0.5, 0.6) is 0 Å². The van der Waals surface area contributed by atoms with Gasteiger partial charge in [0.2, 0.25) is 0 Å². The molecule has 0 radical (unpaired) electrons. The summed E-state index contributed by atoms with van der Waals surface area (Å²) in [7, 11) is 0. The minimum absolute atomic E-state index is 0.200. The SMILES string of the molecule is FC(F)(F)c1cccc(CNc2cc(Nc3cnccn3)ncn2)c1. The first-order valence-corrected chi connectivity index (χ1v) is 7.26. The number of alkyl halides is 3. The quantitative estimate of drug-likeness (QED) is 0.735. The van der Waals surface area contributed by atoms with Crippen LogP contribution < -0.4 is 10.6 Å². The Morgan fingerprint density at radius 1 is 0.920 bits per heavy atom. The molecule has 0 amide bonds. The summed E-state index contributed by atoms with van der Waals surface area (Å²) in [5, 5.41) is 5.93. The molecule has 3 aromatic rings. The van der Waals surface area contributed by atoms with Gasteiger partial charge in [-0.25, -0.2) is 15.0 Å². The molecule has 25 heavy (non-hydrogen) atoms.